The molecule has 0 radical (unpaired) electrons. The molecule has 1 fully saturated rings. The Hall–Kier alpha value is -2.99. The van der Waals surface area contributed by atoms with Crippen LogP contribution in [-0.4, -0.2) is 42.8 Å². The number of hydrogen-bond donors (Lipinski definition) is 1. The summed E-state index contributed by atoms with van der Waals surface area (Å²) in [5.74, 6) is -0.799. The van der Waals surface area contributed by atoms with Gasteiger partial charge in [-0.1, -0.05) is 24.3 Å². The number of hydrogen-bond acceptors (Lipinski definition) is 5. The lowest BCUT2D eigenvalue weighted by atomic mass is 9.89. The largest absolute Gasteiger partial charge is 0.378 e. The fraction of sp³-hybridized carbons (Fsp3) is 0.200. The quantitative estimate of drug-likeness (QED) is 0.921. The van der Waals surface area contributed by atoms with Gasteiger partial charge >= 0.3 is 0 Å². The number of halogens is 1. The fourth-order valence-corrected chi connectivity index (χ4v) is 3.24. The Labute approximate surface area is 150 Å². The van der Waals surface area contributed by atoms with Gasteiger partial charge in [0.15, 0.2) is 0 Å². The van der Waals surface area contributed by atoms with Gasteiger partial charge in [-0.15, -0.1) is 0 Å². The van der Waals surface area contributed by atoms with Crippen LogP contribution in [0.1, 0.15) is 20.7 Å². The van der Waals surface area contributed by atoms with Gasteiger partial charge in [0, 0.05) is 29.9 Å². The molecule has 2 aliphatic rings. The zero-order valence-electron chi connectivity index (χ0n) is 14.0. The number of Topliss-reactive ketones (excluding diaryl/α,β-unsaturated/α-hetero) is 2. The third kappa shape index (κ3) is 2.88. The van der Waals surface area contributed by atoms with Gasteiger partial charge in [0.25, 0.3) is 0 Å². The van der Waals surface area contributed by atoms with Crippen LogP contribution in [0.15, 0.2) is 59.9 Å². The number of anilines is 1. The van der Waals surface area contributed by atoms with Crippen LogP contribution in [0.4, 0.5) is 10.1 Å². The average molecular weight is 352 g/mol. The Balaban J connectivity index is 1.81. The topological polar surface area (TPSA) is 58.6 Å². The molecule has 0 amide bonds. The third-order valence-electron chi connectivity index (χ3n) is 4.54. The molecule has 2 aromatic carbocycles. The van der Waals surface area contributed by atoms with E-state index in [1.165, 1.54) is 24.3 Å². The molecule has 0 saturated carbocycles. The predicted molar refractivity (Wildman–Crippen MR) is 94.5 cm³/mol. The number of carbonyl (C=O) groups is 2. The number of morpholine rings is 1. The molecule has 0 unspecified atom stereocenters. The number of ketones is 2. The van der Waals surface area contributed by atoms with E-state index in [1.54, 1.807) is 24.3 Å². The monoisotopic (exact) mass is 352 g/mol. The molecule has 132 valence electrons. The van der Waals surface area contributed by atoms with E-state index in [-0.39, 0.29) is 23.1 Å². The van der Waals surface area contributed by atoms with Gasteiger partial charge in [-0.05, 0) is 24.3 Å². The van der Waals surface area contributed by atoms with E-state index < -0.39 is 0 Å². The molecule has 1 aliphatic carbocycles. The van der Waals surface area contributed by atoms with Crippen molar-refractivity contribution in [2.24, 2.45) is 0 Å². The summed E-state index contributed by atoms with van der Waals surface area (Å²) in [6.45, 7) is 2.06. The zero-order valence-corrected chi connectivity index (χ0v) is 14.0. The molecular weight excluding hydrogens is 335 g/mol. The lowest BCUT2D eigenvalue weighted by Gasteiger charge is -2.34. The first-order valence-corrected chi connectivity index (χ1v) is 8.43. The molecule has 0 bridgehead atoms. The van der Waals surface area contributed by atoms with Crippen LogP contribution in [0.2, 0.25) is 0 Å². The second-order valence-electron chi connectivity index (χ2n) is 6.16. The predicted octanol–water partition coefficient (Wildman–Crippen LogP) is 2.86. The normalized spacial score (nSPS) is 17.3. The highest BCUT2D eigenvalue weighted by Crippen LogP contribution is 2.30. The van der Waals surface area contributed by atoms with Gasteiger partial charge in [-0.2, -0.15) is 0 Å². The van der Waals surface area contributed by atoms with Gasteiger partial charge < -0.3 is 15.0 Å². The molecule has 1 aliphatic heterocycles. The highest BCUT2D eigenvalue weighted by Gasteiger charge is 2.35. The van der Waals surface area contributed by atoms with E-state index in [2.05, 4.69) is 5.32 Å². The third-order valence-corrected chi connectivity index (χ3v) is 4.54. The van der Waals surface area contributed by atoms with E-state index >= 15 is 0 Å². The van der Waals surface area contributed by atoms with E-state index in [0.717, 1.165) is 0 Å². The van der Waals surface area contributed by atoms with Crippen molar-refractivity contribution in [1.82, 2.24) is 4.90 Å². The molecule has 0 aromatic heterocycles. The number of carbonyl (C=O) groups excluding carboxylic acids is 2. The van der Waals surface area contributed by atoms with Gasteiger partial charge in [-0.3, -0.25) is 9.59 Å². The van der Waals surface area contributed by atoms with Crippen LogP contribution < -0.4 is 5.32 Å². The molecule has 1 saturated heterocycles. The summed E-state index contributed by atoms with van der Waals surface area (Å²) in [7, 11) is 0. The fourth-order valence-electron chi connectivity index (χ4n) is 3.24. The molecule has 26 heavy (non-hydrogen) atoms. The Morgan fingerprint density at radius 3 is 2.15 bits per heavy atom. The van der Waals surface area contributed by atoms with Crippen LogP contribution in [0.25, 0.3) is 0 Å². The molecule has 4 rings (SSSR count). The molecule has 1 N–H and O–H groups in total. The maximum absolute atomic E-state index is 13.2. The van der Waals surface area contributed by atoms with Crippen molar-refractivity contribution in [3.63, 3.8) is 0 Å². The van der Waals surface area contributed by atoms with E-state index in [1.807, 2.05) is 4.90 Å². The van der Waals surface area contributed by atoms with Crippen LogP contribution in [0.3, 0.4) is 0 Å². The Morgan fingerprint density at radius 2 is 1.50 bits per heavy atom. The minimum absolute atomic E-state index is 0.188. The summed E-state index contributed by atoms with van der Waals surface area (Å²) < 4.78 is 18.6. The number of fused-ring (bicyclic) bond motifs is 1. The van der Waals surface area contributed by atoms with Crippen molar-refractivity contribution in [2.45, 2.75) is 0 Å². The van der Waals surface area contributed by atoms with Crippen LogP contribution in [0.5, 0.6) is 0 Å². The molecular formula is C20H17FN2O3. The minimum Gasteiger partial charge on any atom is -0.378 e. The summed E-state index contributed by atoms with van der Waals surface area (Å²) in [6.07, 6.45) is 0. The molecule has 1 heterocycles. The average Bonchev–Trinajstić information content (AvgIpc) is 2.68. The Kier molecular flexibility index (Phi) is 4.26. The van der Waals surface area contributed by atoms with Crippen LogP contribution in [-0.2, 0) is 4.74 Å². The Morgan fingerprint density at radius 1 is 0.885 bits per heavy atom. The first-order valence-electron chi connectivity index (χ1n) is 8.43. The SMILES string of the molecule is O=C1C(Nc2ccc(F)cc2)=C(N2CCOCC2)C(=O)c2ccccc21. The number of nitrogens with zero attached hydrogens (tertiary/aromatic N) is 1. The molecule has 5 nitrogen and oxygen atoms in total. The van der Waals surface area contributed by atoms with Crippen molar-refractivity contribution < 1.29 is 18.7 Å². The molecule has 6 heteroatoms. The second kappa shape index (κ2) is 6.72. The van der Waals surface area contributed by atoms with Crippen molar-refractivity contribution in [3.8, 4) is 0 Å². The number of allylic oxidation sites excluding steroid dienone is 2. The van der Waals surface area contributed by atoms with Gasteiger partial charge in [0.1, 0.15) is 17.2 Å². The number of benzene rings is 2. The minimum atomic E-state index is -0.366. The maximum Gasteiger partial charge on any atom is 0.212 e. The van der Waals surface area contributed by atoms with Gasteiger partial charge in [0.05, 0.1) is 13.2 Å². The number of nitrogens with one attached hydrogen (secondary N) is 1. The Bertz CT molecular complexity index is 900. The first kappa shape index (κ1) is 16.5. The standard InChI is InChI=1S/C20H17FN2O3/c21-13-5-7-14(8-6-13)22-17-18(23-9-11-26-12-10-23)20(25)16-4-2-1-3-15(16)19(17)24/h1-8,22H,9-12H2. The van der Waals surface area contributed by atoms with E-state index in [9.17, 15) is 14.0 Å². The molecule has 0 atom stereocenters. The highest BCUT2D eigenvalue weighted by atomic mass is 19.1. The zero-order chi connectivity index (χ0) is 18.1. The first-order chi connectivity index (χ1) is 12.6. The summed E-state index contributed by atoms with van der Waals surface area (Å²) in [6, 6.07) is 12.5. The van der Waals surface area contributed by atoms with Gasteiger partial charge in [-0.25, -0.2) is 4.39 Å². The lowest BCUT2D eigenvalue weighted by molar-refractivity contribution is 0.0496. The number of ether oxygens (including phenoxy) is 1. The van der Waals surface area contributed by atoms with Crippen molar-refractivity contribution in [2.75, 3.05) is 31.6 Å². The van der Waals surface area contributed by atoms with E-state index in [4.69, 9.17) is 4.74 Å². The summed E-state index contributed by atoms with van der Waals surface area (Å²) in [5, 5.41) is 3.04. The summed E-state index contributed by atoms with van der Waals surface area (Å²) in [4.78, 5) is 28.1. The lowest BCUT2D eigenvalue weighted by Crippen LogP contribution is -2.42. The summed E-state index contributed by atoms with van der Waals surface area (Å²) in [5.41, 5.74) is 1.90. The molecule has 2 aromatic rings. The summed E-state index contributed by atoms with van der Waals surface area (Å²) >= 11 is 0. The maximum atomic E-state index is 13.2. The van der Waals surface area contributed by atoms with Crippen molar-refractivity contribution in [3.05, 3.63) is 76.9 Å². The van der Waals surface area contributed by atoms with Crippen molar-refractivity contribution >= 4 is 17.3 Å². The smallest absolute Gasteiger partial charge is 0.212 e. The van der Waals surface area contributed by atoms with Crippen molar-refractivity contribution in [1.29, 1.82) is 0 Å². The molecule has 0 spiro atoms. The van der Waals surface area contributed by atoms with Crippen LogP contribution in [0, 0.1) is 5.82 Å². The van der Waals surface area contributed by atoms with Crippen LogP contribution >= 0.6 is 0 Å². The van der Waals surface area contributed by atoms with E-state index in [0.29, 0.717) is 48.8 Å². The number of rotatable bonds is 3. The highest BCUT2D eigenvalue weighted by molar-refractivity contribution is 6.27. The van der Waals surface area contributed by atoms with Gasteiger partial charge in [0.2, 0.25) is 11.6 Å². The second-order valence-corrected chi connectivity index (χ2v) is 6.16.